The van der Waals surface area contributed by atoms with Gasteiger partial charge in [0.2, 0.25) is 5.95 Å². The smallest absolute Gasteiger partial charge is 0.222 e. The van der Waals surface area contributed by atoms with Gasteiger partial charge in [0, 0.05) is 11.6 Å². The van der Waals surface area contributed by atoms with E-state index in [1.54, 1.807) is 29.7 Å². The maximum absolute atomic E-state index is 13.6. The van der Waals surface area contributed by atoms with Gasteiger partial charge in [-0.3, -0.25) is 0 Å². The Morgan fingerprint density at radius 2 is 2.00 bits per heavy atom. The van der Waals surface area contributed by atoms with Crippen LogP contribution in [0.2, 0.25) is 0 Å². The molecule has 0 aliphatic heterocycles. The average Bonchev–Trinajstić information content (AvgIpc) is 3.10. The van der Waals surface area contributed by atoms with Crippen molar-refractivity contribution < 1.29 is 4.39 Å². The van der Waals surface area contributed by atoms with Crippen LogP contribution in [0.5, 0.6) is 0 Å². The predicted molar refractivity (Wildman–Crippen MR) is 98.2 cm³/mol. The number of rotatable bonds is 2. The quantitative estimate of drug-likeness (QED) is 0.519. The van der Waals surface area contributed by atoms with Gasteiger partial charge in [-0.2, -0.15) is 4.98 Å². The van der Waals surface area contributed by atoms with E-state index in [1.807, 2.05) is 23.6 Å². The molecule has 3 aromatic heterocycles. The second-order valence-corrected chi connectivity index (χ2v) is 6.93. The number of hydrogen-bond acceptors (Lipinski definition) is 5. The molecule has 7 heteroatoms. The third-order valence-corrected chi connectivity index (χ3v) is 5.09. The number of benzene rings is 1. The normalized spacial score (nSPS) is 11.1. The SMILES string of the molecule is Nc1ncc2c(-c3ccc(F)c(Br)c3)cc(-c3cccs3)nc2n1. The highest BCUT2D eigenvalue weighted by atomic mass is 79.9. The number of nitrogens with two attached hydrogens (primary N) is 1. The third kappa shape index (κ3) is 2.65. The van der Waals surface area contributed by atoms with Crippen molar-refractivity contribution in [3.8, 4) is 21.7 Å². The van der Waals surface area contributed by atoms with E-state index < -0.39 is 0 Å². The number of hydrogen-bond donors (Lipinski definition) is 1. The Morgan fingerprint density at radius 3 is 2.75 bits per heavy atom. The molecular weight excluding hydrogens is 391 g/mol. The van der Waals surface area contributed by atoms with Crippen molar-refractivity contribution in [3.63, 3.8) is 0 Å². The fraction of sp³-hybridized carbons (Fsp3) is 0. The highest BCUT2D eigenvalue weighted by Gasteiger charge is 2.13. The van der Waals surface area contributed by atoms with Gasteiger partial charge < -0.3 is 5.73 Å². The number of pyridine rings is 1. The zero-order valence-corrected chi connectivity index (χ0v) is 14.6. The minimum absolute atomic E-state index is 0.171. The zero-order chi connectivity index (χ0) is 16.7. The Labute approximate surface area is 149 Å². The molecule has 3 heterocycles. The van der Waals surface area contributed by atoms with Crippen molar-refractivity contribution in [1.82, 2.24) is 15.0 Å². The minimum atomic E-state index is -0.309. The molecule has 0 spiro atoms. The van der Waals surface area contributed by atoms with Crippen LogP contribution >= 0.6 is 27.3 Å². The predicted octanol–water partition coefficient (Wildman–Crippen LogP) is 4.90. The molecule has 2 N–H and O–H groups in total. The van der Waals surface area contributed by atoms with Gasteiger partial charge in [0.25, 0.3) is 0 Å². The van der Waals surface area contributed by atoms with Gasteiger partial charge >= 0.3 is 0 Å². The lowest BCUT2D eigenvalue weighted by atomic mass is 10.0. The van der Waals surface area contributed by atoms with Crippen molar-refractivity contribution in [2.24, 2.45) is 0 Å². The van der Waals surface area contributed by atoms with Crippen molar-refractivity contribution in [2.75, 3.05) is 5.73 Å². The van der Waals surface area contributed by atoms with Crippen LogP contribution in [-0.4, -0.2) is 15.0 Å². The van der Waals surface area contributed by atoms with Crippen LogP contribution < -0.4 is 5.73 Å². The van der Waals surface area contributed by atoms with Crippen LogP contribution in [0.15, 0.2) is 52.4 Å². The first-order valence-electron chi connectivity index (χ1n) is 7.04. The highest BCUT2D eigenvalue weighted by Crippen LogP contribution is 2.34. The second-order valence-electron chi connectivity index (χ2n) is 5.13. The highest BCUT2D eigenvalue weighted by molar-refractivity contribution is 9.10. The van der Waals surface area contributed by atoms with Crippen molar-refractivity contribution in [3.05, 3.63) is 58.3 Å². The van der Waals surface area contributed by atoms with Crippen molar-refractivity contribution >= 4 is 44.2 Å². The molecule has 24 heavy (non-hydrogen) atoms. The molecule has 0 fully saturated rings. The molecule has 0 amide bonds. The van der Waals surface area contributed by atoms with Gasteiger partial charge in [0.1, 0.15) is 5.82 Å². The van der Waals surface area contributed by atoms with Crippen molar-refractivity contribution in [1.29, 1.82) is 0 Å². The Balaban J connectivity index is 2.03. The fourth-order valence-corrected chi connectivity index (χ4v) is 3.54. The van der Waals surface area contributed by atoms with E-state index in [-0.39, 0.29) is 11.8 Å². The van der Waals surface area contributed by atoms with E-state index in [2.05, 4.69) is 30.9 Å². The van der Waals surface area contributed by atoms with Crippen LogP contribution in [0.25, 0.3) is 32.7 Å². The molecule has 4 rings (SSSR count). The summed E-state index contributed by atoms with van der Waals surface area (Å²) in [4.78, 5) is 13.9. The first-order chi connectivity index (χ1) is 11.6. The molecule has 0 aliphatic rings. The summed E-state index contributed by atoms with van der Waals surface area (Å²) < 4.78 is 14.0. The van der Waals surface area contributed by atoms with Gasteiger partial charge in [0.05, 0.1) is 15.0 Å². The Hall–Kier alpha value is -2.38. The number of anilines is 1. The Kier molecular flexibility index (Phi) is 3.74. The summed E-state index contributed by atoms with van der Waals surface area (Å²) in [5, 5.41) is 2.76. The molecule has 0 bridgehead atoms. The van der Waals surface area contributed by atoms with E-state index >= 15 is 0 Å². The fourth-order valence-electron chi connectivity index (χ4n) is 2.48. The van der Waals surface area contributed by atoms with Crippen LogP contribution in [0, 0.1) is 5.82 Å². The number of nitrogen functional groups attached to an aromatic ring is 1. The number of nitrogens with zero attached hydrogens (tertiary/aromatic N) is 3. The van der Waals surface area contributed by atoms with Gasteiger partial charge in [-0.15, -0.1) is 11.3 Å². The Morgan fingerprint density at radius 1 is 1.12 bits per heavy atom. The number of thiophene rings is 1. The maximum atomic E-state index is 13.6. The van der Waals surface area contributed by atoms with Gasteiger partial charge in [-0.25, -0.2) is 14.4 Å². The number of aromatic nitrogens is 3. The summed E-state index contributed by atoms with van der Waals surface area (Å²) in [5.74, 6) is -0.138. The zero-order valence-electron chi connectivity index (χ0n) is 12.2. The molecular formula is C17H10BrFN4S. The molecule has 0 unspecified atom stereocenters. The monoisotopic (exact) mass is 400 g/mol. The van der Waals surface area contributed by atoms with E-state index in [1.165, 1.54) is 6.07 Å². The topological polar surface area (TPSA) is 64.7 Å². The molecule has 4 aromatic rings. The average molecular weight is 401 g/mol. The summed E-state index contributed by atoms with van der Waals surface area (Å²) in [5.41, 5.74) is 8.75. The van der Waals surface area contributed by atoms with E-state index in [0.717, 1.165) is 27.1 Å². The van der Waals surface area contributed by atoms with Crippen LogP contribution in [-0.2, 0) is 0 Å². The van der Waals surface area contributed by atoms with E-state index in [9.17, 15) is 4.39 Å². The lowest BCUT2D eigenvalue weighted by Crippen LogP contribution is -1.98. The molecule has 4 nitrogen and oxygen atoms in total. The first kappa shape index (κ1) is 15.2. The summed E-state index contributed by atoms with van der Waals surface area (Å²) in [7, 11) is 0. The lowest BCUT2D eigenvalue weighted by Gasteiger charge is -2.09. The largest absolute Gasteiger partial charge is 0.368 e. The van der Waals surface area contributed by atoms with Crippen LogP contribution in [0.3, 0.4) is 0 Å². The summed E-state index contributed by atoms with van der Waals surface area (Å²) in [6, 6.07) is 10.8. The molecule has 0 saturated heterocycles. The minimum Gasteiger partial charge on any atom is -0.368 e. The molecule has 0 aliphatic carbocycles. The maximum Gasteiger partial charge on any atom is 0.222 e. The number of fused-ring (bicyclic) bond motifs is 1. The van der Waals surface area contributed by atoms with Gasteiger partial charge in [0.15, 0.2) is 5.65 Å². The standard InChI is InChI=1S/C17H10BrFN4S/c18-12-6-9(3-4-13(12)19)10-7-14(15-2-1-5-24-15)22-16-11(10)8-21-17(20)23-16/h1-8H,(H2,20,21,22,23). The summed E-state index contributed by atoms with van der Waals surface area (Å²) >= 11 is 4.83. The second kappa shape index (κ2) is 5.92. The third-order valence-electron chi connectivity index (χ3n) is 3.59. The molecule has 0 radical (unpaired) electrons. The van der Waals surface area contributed by atoms with Gasteiger partial charge in [-0.05, 0) is 56.7 Å². The van der Waals surface area contributed by atoms with Gasteiger partial charge in [-0.1, -0.05) is 12.1 Å². The Bertz CT molecular complexity index is 1050. The molecule has 118 valence electrons. The number of halogens is 2. The summed E-state index contributed by atoms with van der Waals surface area (Å²) in [6.45, 7) is 0. The lowest BCUT2D eigenvalue weighted by molar-refractivity contribution is 0.621. The first-order valence-corrected chi connectivity index (χ1v) is 8.71. The van der Waals surface area contributed by atoms with E-state index in [0.29, 0.717) is 10.1 Å². The van der Waals surface area contributed by atoms with Crippen LogP contribution in [0.1, 0.15) is 0 Å². The molecule has 0 saturated carbocycles. The molecule has 0 atom stereocenters. The molecule has 1 aromatic carbocycles. The van der Waals surface area contributed by atoms with Crippen molar-refractivity contribution in [2.45, 2.75) is 0 Å². The summed E-state index contributed by atoms with van der Waals surface area (Å²) in [6.07, 6.45) is 1.65. The van der Waals surface area contributed by atoms with E-state index in [4.69, 9.17) is 5.73 Å². The van der Waals surface area contributed by atoms with Crippen LogP contribution in [0.4, 0.5) is 10.3 Å².